The maximum Gasteiger partial charge on any atom is 0.417 e. The molecule has 0 unspecified atom stereocenters. The van der Waals surface area contributed by atoms with Gasteiger partial charge in [0, 0.05) is 94.3 Å². The lowest BCUT2D eigenvalue weighted by Crippen LogP contribution is -2.57. The second-order valence-corrected chi connectivity index (χ2v) is 25.3. The number of hydrogen-bond acceptors (Lipinski definition) is 13. The molecule has 6 aromatic rings. The molecule has 0 spiro atoms. The average Bonchev–Trinajstić information content (AvgIpc) is 3.24. The fourth-order valence-electron chi connectivity index (χ4n) is 11.7. The number of piperazine rings is 2. The molecule has 3 saturated heterocycles. The Labute approximate surface area is 513 Å². The summed E-state index contributed by atoms with van der Waals surface area (Å²) < 4.78 is 72.4. The highest BCUT2D eigenvalue weighted by Crippen LogP contribution is 2.39. The number of aliphatic hydroxyl groups is 1. The van der Waals surface area contributed by atoms with Crippen LogP contribution in [0.3, 0.4) is 0 Å². The van der Waals surface area contributed by atoms with Gasteiger partial charge in [-0.05, 0) is 112 Å². The van der Waals surface area contributed by atoms with Crippen molar-refractivity contribution in [1.82, 2.24) is 40.3 Å². The van der Waals surface area contributed by atoms with Crippen LogP contribution in [-0.2, 0) is 38.2 Å². The summed E-state index contributed by atoms with van der Waals surface area (Å²) in [4.78, 5) is 92.4. The van der Waals surface area contributed by atoms with E-state index in [1.165, 1.54) is 29.4 Å². The van der Waals surface area contributed by atoms with Crippen molar-refractivity contribution in [2.75, 3.05) is 68.0 Å². The zero-order valence-electron chi connectivity index (χ0n) is 50.8. The Kier molecular flexibility index (Phi) is 20.0. The fourth-order valence-corrected chi connectivity index (χ4v) is 12.5. The normalized spacial score (nSPS) is 19.1. The van der Waals surface area contributed by atoms with Gasteiger partial charge in [-0.25, -0.2) is 23.7 Å². The van der Waals surface area contributed by atoms with Crippen molar-refractivity contribution < 1.29 is 51.0 Å². The second kappa shape index (κ2) is 27.2. The topological polar surface area (TPSA) is 197 Å². The number of β-amino-alcohol motifs (C(OH)–C–C–N with tert-alkyl or cyclic N) is 1. The summed E-state index contributed by atoms with van der Waals surface area (Å²) in [6, 6.07) is 17.8. The Morgan fingerprint density at radius 3 is 2.12 bits per heavy atom. The van der Waals surface area contributed by atoms with Crippen LogP contribution in [0.1, 0.15) is 112 Å². The SMILES string of the molecule is Cc1ncsc1-c1ccc([C@H](C)NC(=O)[C@@H]2C[C@@H](O)CN2C(=O)[C@@H](NC(=O)CCCCc2cccc(CC(=O)N3CCN(c4ncc(-c5cc(NC(=O)c6ccc(F)cc6C(F)(F)F)c(N6C[C@@H](C)N(C)[C@@H](C)C6)cc5F)cn4)CC3)c2)C(C)(C)C)cc1. The van der Waals surface area contributed by atoms with Crippen LogP contribution in [0.25, 0.3) is 21.6 Å². The van der Waals surface area contributed by atoms with Crippen molar-refractivity contribution in [1.29, 1.82) is 0 Å². The summed E-state index contributed by atoms with van der Waals surface area (Å²) in [6.45, 7) is 15.8. The number of nitrogens with one attached hydrogen (secondary N) is 3. The molecule has 0 bridgehead atoms. The van der Waals surface area contributed by atoms with E-state index in [1.54, 1.807) is 21.7 Å². The van der Waals surface area contributed by atoms with E-state index in [9.17, 15) is 46.6 Å². The first-order chi connectivity index (χ1) is 41.7. The molecule has 23 heteroatoms. The Balaban J connectivity index is 0.751. The summed E-state index contributed by atoms with van der Waals surface area (Å²) >= 11 is 1.56. The third-order valence-corrected chi connectivity index (χ3v) is 17.9. The number of nitrogens with zero attached hydrogens (tertiary/aromatic N) is 8. The molecule has 0 aliphatic carbocycles. The van der Waals surface area contributed by atoms with Gasteiger partial charge >= 0.3 is 6.18 Å². The van der Waals surface area contributed by atoms with Crippen LogP contribution in [0.4, 0.5) is 39.3 Å². The molecule has 3 aliphatic rings. The Morgan fingerprint density at radius 1 is 0.795 bits per heavy atom. The van der Waals surface area contributed by atoms with Crippen LogP contribution >= 0.6 is 11.3 Å². The number of carbonyl (C=O) groups is 5. The number of aryl methyl sites for hydroxylation is 2. The number of unbranched alkanes of at least 4 members (excludes halogenated alkanes) is 1. The van der Waals surface area contributed by atoms with Crippen molar-refractivity contribution >= 4 is 58.2 Å². The summed E-state index contributed by atoms with van der Waals surface area (Å²) in [5.74, 6) is -3.81. The van der Waals surface area contributed by atoms with Crippen LogP contribution in [0.2, 0.25) is 0 Å². The number of anilines is 3. The molecule has 0 radical (unpaired) electrons. The van der Waals surface area contributed by atoms with Crippen LogP contribution < -0.4 is 25.8 Å². The van der Waals surface area contributed by atoms with Crippen LogP contribution in [0.5, 0.6) is 0 Å². The van der Waals surface area contributed by atoms with Gasteiger partial charge in [0.1, 0.15) is 23.7 Å². The van der Waals surface area contributed by atoms with Gasteiger partial charge in [-0.2, -0.15) is 13.2 Å². The van der Waals surface area contributed by atoms with Crippen molar-refractivity contribution in [2.24, 2.45) is 5.41 Å². The van der Waals surface area contributed by atoms with Gasteiger partial charge in [0.05, 0.1) is 57.1 Å². The highest BCUT2D eigenvalue weighted by molar-refractivity contribution is 7.13. The number of carbonyl (C=O) groups excluding carboxylic acids is 5. The maximum atomic E-state index is 16.3. The van der Waals surface area contributed by atoms with Crippen molar-refractivity contribution in [3.8, 4) is 21.6 Å². The van der Waals surface area contributed by atoms with Gasteiger partial charge in [-0.1, -0.05) is 69.3 Å². The summed E-state index contributed by atoms with van der Waals surface area (Å²) in [7, 11) is 1.96. The lowest BCUT2D eigenvalue weighted by atomic mass is 9.85. The lowest BCUT2D eigenvalue weighted by molar-refractivity contribution is -0.144. The molecule has 2 aromatic heterocycles. The zero-order chi connectivity index (χ0) is 63.4. The van der Waals surface area contributed by atoms with E-state index >= 15 is 4.39 Å². The third-order valence-electron chi connectivity index (χ3n) is 17.0. The first-order valence-corrected chi connectivity index (χ1v) is 30.6. The summed E-state index contributed by atoms with van der Waals surface area (Å²) in [5, 5.41) is 19.3. The van der Waals surface area contributed by atoms with Gasteiger partial charge in [0.15, 0.2) is 0 Å². The number of aromatic nitrogens is 3. The predicted molar refractivity (Wildman–Crippen MR) is 329 cm³/mol. The molecule has 4 N–H and O–H groups in total. The van der Waals surface area contributed by atoms with E-state index in [0.29, 0.717) is 64.5 Å². The Morgan fingerprint density at radius 2 is 1.48 bits per heavy atom. The molecule has 88 heavy (non-hydrogen) atoms. The molecule has 468 valence electrons. The molecule has 6 atom stereocenters. The molecule has 3 fully saturated rings. The average molecular weight is 1230 g/mol. The van der Waals surface area contributed by atoms with Crippen molar-refractivity contribution in [2.45, 2.75) is 129 Å². The van der Waals surface area contributed by atoms with Crippen LogP contribution in [0.15, 0.2) is 96.8 Å². The predicted octanol–water partition coefficient (Wildman–Crippen LogP) is 9.63. The highest BCUT2D eigenvalue weighted by atomic mass is 32.1. The first-order valence-electron chi connectivity index (χ1n) is 29.7. The molecule has 3 aliphatic heterocycles. The van der Waals surface area contributed by atoms with Gasteiger partial charge < -0.3 is 40.7 Å². The van der Waals surface area contributed by atoms with Gasteiger partial charge in [0.2, 0.25) is 29.6 Å². The molecule has 5 amide bonds. The van der Waals surface area contributed by atoms with E-state index in [4.69, 9.17) is 0 Å². The van der Waals surface area contributed by atoms with Gasteiger partial charge in [-0.3, -0.25) is 28.9 Å². The molecule has 4 aromatic carbocycles. The molecule has 9 rings (SSSR count). The van der Waals surface area contributed by atoms with E-state index in [0.717, 1.165) is 45.0 Å². The van der Waals surface area contributed by atoms with Crippen LogP contribution in [-0.4, -0.2) is 147 Å². The van der Waals surface area contributed by atoms with Crippen molar-refractivity contribution in [3.05, 3.63) is 142 Å². The Bertz CT molecular complexity index is 3490. The molecule has 5 heterocycles. The number of amides is 5. The van der Waals surface area contributed by atoms with E-state index < -0.39 is 64.4 Å². The minimum atomic E-state index is -5.03. The van der Waals surface area contributed by atoms with Gasteiger partial charge in [-0.15, -0.1) is 11.3 Å². The summed E-state index contributed by atoms with van der Waals surface area (Å²) in [5.41, 5.74) is 4.11. The molecular formula is C65H76F5N11O6S. The molecule has 17 nitrogen and oxygen atoms in total. The summed E-state index contributed by atoms with van der Waals surface area (Å²) in [6.07, 6.45) is -0.815. The minimum Gasteiger partial charge on any atom is -0.391 e. The van der Waals surface area contributed by atoms with Crippen LogP contribution in [0, 0.1) is 24.0 Å². The molecule has 0 saturated carbocycles. The number of likely N-dealkylation sites (N-methyl/N-ethyl adjacent to an activating group) is 1. The Hall–Kier alpha value is -7.89. The molecular weight excluding hydrogens is 1160 g/mol. The van der Waals surface area contributed by atoms with Gasteiger partial charge in [0.25, 0.3) is 5.91 Å². The van der Waals surface area contributed by atoms with Crippen molar-refractivity contribution in [3.63, 3.8) is 0 Å². The largest absolute Gasteiger partial charge is 0.417 e. The minimum absolute atomic E-state index is 0.00956. The number of benzene rings is 4. The van der Waals surface area contributed by atoms with E-state index in [2.05, 4.69) is 35.8 Å². The number of thiazole rings is 1. The van der Waals surface area contributed by atoms with E-state index in [1.807, 2.05) is 114 Å². The number of halogens is 5. The third kappa shape index (κ3) is 15.3. The second-order valence-electron chi connectivity index (χ2n) is 24.5. The number of aliphatic hydroxyl groups excluding tert-OH is 1. The number of alkyl halides is 3. The smallest absolute Gasteiger partial charge is 0.391 e. The number of rotatable bonds is 18. The zero-order valence-corrected chi connectivity index (χ0v) is 51.6. The maximum absolute atomic E-state index is 16.3. The number of likely N-dealkylation sites (tertiary alicyclic amines) is 1. The first kappa shape index (κ1) is 64.6. The number of hydrogen-bond donors (Lipinski definition) is 4. The quantitative estimate of drug-likeness (QED) is 0.0471. The highest BCUT2D eigenvalue weighted by Gasteiger charge is 2.45. The fraction of sp³-hybridized carbons (Fsp3) is 0.446. The van der Waals surface area contributed by atoms with E-state index in [-0.39, 0.29) is 90.2 Å². The monoisotopic (exact) mass is 1230 g/mol. The lowest BCUT2D eigenvalue weighted by Gasteiger charge is -2.44. The standard InChI is InChI=1S/C65H76F5N11O6S/c1-38-34-80(35-39(2)77(38)8)54-31-52(67)50(30-53(54)75-60(85)49-21-20-47(66)28-51(49)65(68,69)70)46-32-71-63(72-33-46)79-24-22-78(23-25-79)57(84)27-43-14-11-13-42(26-43)12-9-10-15-56(83)76-59(64(5,6)7)62(87)81-36-48(82)29-55(81)61(86)74-40(3)44-16-18-45(19-17-44)58-41(4)73-37-88-58/h11,13-14,16-21,26,28,30-33,37-40,48,55,59,82H,9-10,12,15,22-25,27,29,34-36H2,1-8H3,(H,74,86)(H,75,85)(H,76,83)/t38-,39+,40-,48+,55-,59+/m0/s1.